The van der Waals surface area contributed by atoms with Crippen molar-refractivity contribution in [1.29, 1.82) is 5.26 Å². The van der Waals surface area contributed by atoms with Crippen LogP contribution >= 0.6 is 23.1 Å². The highest BCUT2D eigenvalue weighted by molar-refractivity contribution is 7.98. The summed E-state index contributed by atoms with van der Waals surface area (Å²) in [6.07, 6.45) is 4.48. The number of rotatable bonds is 7. The van der Waals surface area contributed by atoms with E-state index in [2.05, 4.69) is 42.6 Å². The summed E-state index contributed by atoms with van der Waals surface area (Å²) < 4.78 is 0. The maximum Gasteiger partial charge on any atom is 0.225 e. The highest BCUT2D eigenvalue weighted by atomic mass is 32.2. The molecule has 1 atom stereocenters. The van der Waals surface area contributed by atoms with Crippen LogP contribution in [-0.4, -0.2) is 11.7 Å². The highest BCUT2D eigenvalue weighted by Gasteiger charge is 2.24. The van der Waals surface area contributed by atoms with Gasteiger partial charge in [-0.1, -0.05) is 37.3 Å². The lowest BCUT2D eigenvalue weighted by atomic mass is 9.89. The Labute approximate surface area is 163 Å². The molecule has 1 aromatic carbocycles. The Bertz CT molecular complexity index is 792. The fourth-order valence-corrected chi connectivity index (χ4v) is 5.54. The van der Waals surface area contributed by atoms with E-state index < -0.39 is 0 Å². The molecule has 0 saturated carbocycles. The third-order valence-corrected chi connectivity index (χ3v) is 6.97. The average molecular weight is 385 g/mol. The largest absolute Gasteiger partial charge is 0.317 e. The Morgan fingerprint density at radius 1 is 1.38 bits per heavy atom. The predicted molar refractivity (Wildman–Crippen MR) is 111 cm³/mol. The molecule has 1 N–H and O–H groups in total. The minimum Gasteiger partial charge on any atom is -0.317 e. The van der Waals surface area contributed by atoms with Crippen molar-refractivity contribution in [2.24, 2.45) is 5.92 Å². The van der Waals surface area contributed by atoms with Crippen molar-refractivity contribution < 1.29 is 4.79 Å². The van der Waals surface area contributed by atoms with Crippen LogP contribution in [0.3, 0.4) is 0 Å². The van der Waals surface area contributed by atoms with Crippen LogP contribution in [-0.2, 0) is 23.4 Å². The number of amides is 1. The van der Waals surface area contributed by atoms with Crippen molar-refractivity contribution >= 4 is 34.0 Å². The molecule has 1 aliphatic rings. The topological polar surface area (TPSA) is 52.9 Å². The molecule has 0 bridgehead atoms. The normalized spacial score (nSPS) is 15.9. The first-order valence-corrected chi connectivity index (χ1v) is 11.1. The van der Waals surface area contributed by atoms with Crippen LogP contribution in [0, 0.1) is 17.2 Å². The monoisotopic (exact) mass is 384 g/mol. The minimum absolute atomic E-state index is 0.0217. The average Bonchev–Trinajstić information content (AvgIpc) is 2.98. The van der Waals surface area contributed by atoms with Gasteiger partial charge in [-0.15, -0.1) is 11.3 Å². The lowest BCUT2D eigenvalue weighted by Gasteiger charge is -2.17. The second-order valence-electron chi connectivity index (χ2n) is 6.86. The first kappa shape index (κ1) is 19.0. The van der Waals surface area contributed by atoms with E-state index in [0.717, 1.165) is 42.2 Å². The molecule has 0 unspecified atom stereocenters. The van der Waals surface area contributed by atoms with Crippen LogP contribution < -0.4 is 5.32 Å². The fraction of sp³-hybridized carbons (Fsp3) is 0.429. The second-order valence-corrected chi connectivity index (χ2v) is 9.07. The summed E-state index contributed by atoms with van der Waals surface area (Å²) in [6.45, 7) is 2.25. The number of thiophene rings is 1. The maximum absolute atomic E-state index is 12.3. The van der Waals surface area contributed by atoms with Crippen LogP contribution in [0.15, 0.2) is 30.3 Å². The Hall–Kier alpha value is -1.77. The summed E-state index contributed by atoms with van der Waals surface area (Å²) in [7, 11) is 0. The molecule has 3 nitrogen and oxygen atoms in total. The van der Waals surface area contributed by atoms with Gasteiger partial charge in [0.05, 0.1) is 5.56 Å². The molecule has 0 radical (unpaired) electrons. The summed E-state index contributed by atoms with van der Waals surface area (Å²) in [5, 5.41) is 13.2. The summed E-state index contributed by atoms with van der Waals surface area (Å²) in [5.74, 6) is 2.63. The van der Waals surface area contributed by atoms with Crippen molar-refractivity contribution in [3.05, 3.63) is 51.9 Å². The van der Waals surface area contributed by atoms with Crippen molar-refractivity contribution in [1.82, 2.24) is 0 Å². The molecule has 0 aliphatic heterocycles. The van der Waals surface area contributed by atoms with Crippen LogP contribution in [0.2, 0.25) is 0 Å². The molecule has 26 heavy (non-hydrogen) atoms. The van der Waals surface area contributed by atoms with E-state index in [-0.39, 0.29) is 5.91 Å². The molecule has 0 saturated heterocycles. The zero-order valence-electron chi connectivity index (χ0n) is 15.1. The number of thioether (sulfide) groups is 1. The van der Waals surface area contributed by atoms with E-state index in [9.17, 15) is 10.1 Å². The van der Waals surface area contributed by atoms with Crippen molar-refractivity contribution in [2.75, 3.05) is 11.1 Å². The smallest absolute Gasteiger partial charge is 0.225 e. The van der Waals surface area contributed by atoms with Gasteiger partial charge in [0.25, 0.3) is 0 Å². The Morgan fingerprint density at radius 2 is 2.19 bits per heavy atom. The van der Waals surface area contributed by atoms with Gasteiger partial charge in [-0.05, 0) is 48.5 Å². The van der Waals surface area contributed by atoms with Crippen LogP contribution in [0.1, 0.15) is 47.8 Å². The molecule has 0 spiro atoms. The van der Waals surface area contributed by atoms with Crippen LogP contribution in [0.5, 0.6) is 0 Å². The van der Waals surface area contributed by atoms with Gasteiger partial charge in [0, 0.05) is 17.1 Å². The van der Waals surface area contributed by atoms with Crippen LogP contribution in [0.25, 0.3) is 0 Å². The minimum atomic E-state index is 0.0217. The second kappa shape index (κ2) is 9.25. The zero-order chi connectivity index (χ0) is 18.4. The molecule has 136 valence electrons. The van der Waals surface area contributed by atoms with Gasteiger partial charge in [0.2, 0.25) is 5.91 Å². The fourth-order valence-electron chi connectivity index (χ4n) is 3.25. The number of anilines is 1. The lowest BCUT2D eigenvalue weighted by Crippen LogP contribution is -2.12. The molecule has 3 rings (SSSR count). The number of carbonyl (C=O) groups is 1. The summed E-state index contributed by atoms with van der Waals surface area (Å²) >= 11 is 3.45. The molecule has 1 heterocycles. The number of carbonyl (C=O) groups excluding carboxylic acids is 1. The van der Waals surface area contributed by atoms with Gasteiger partial charge in [-0.3, -0.25) is 4.79 Å². The molecule has 5 heteroatoms. The number of hydrogen-bond acceptors (Lipinski definition) is 4. The molecule has 1 aliphatic carbocycles. The first-order valence-electron chi connectivity index (χ1n) is 9.13. The molecule has 1 aromatic heterocycles. The first-order chi connectivity index (χ1) is 12.7. The lowest BCUT2D eigenvalue weighted by molar-refractivity contribution is -0.116. The van der Waals surface area contributed by atoms with E-state index >= 15 is 0 Å². The molecule has 2 aromatic rings. The Morgan fingerprint density at radius 3 is 2.96 bits per heavy atom. The van der Waals surface area contributed by atoms with Gasteiger partial charge < -0.3 is 5.32 Å². The van der Waals surface area contributed by atoms with Gasteiger partial charge in [-0.2, -0.15) is 17.0 Å². The standard InChI is InChI=1S/C21H24N2OS2/c1-15-9-10-17-18(13-22)21(26-19(17)12-15)23-20(24)8-5-11-25-14-16-6-3-2-4-7-16/h2-4,6-7,15H,5,8-12,14H2,1H3,(H,23,24)/t15-/m1/s1. The summed E-state index contributed by atoms with van der Waals surface area (Å²) in [4.78, 5) is 13.6. The van der Waals surface area contributed by atoms with Gasteiger partial charge in [-0.25, -0.2) is 0 Å². The summed E-state index contributed by atoms with van der Waals surface area (Å²) in [5.41, 5.74) is 3.19. The highest BCUT2D eigenvalue weighted by Crippen LogP contribution is 2.39. The SMILES string of the molecule is C[C@@H]1CCc2c(sc(NC(=O)CCCSCc3ccccc3)c2C#N)C1. The third kappa shape index (κ3) is 4.90. The molecular formula is C21H24N2OS2. The molecule has 0 fully saturated rings. The number of nitriles is 1. The van der Waals surface area contributed by atoms with E-state index in [1.165, 1.54) is 16.0 Å². The van der Waals surface area contributed by atoms with Crippen molar-refractivity contribution in [3.63, 3.8) is 0 Å². The number of hydrogen-bond donors (Lipinski definition) is 1. The maximum atomic E-state index is 12.3. The van der Waals surface area contributed by atoms with Gasteiger partial charge in [0.15, 0.2) is 0 Å². The summed E-state index contributed by atoms with van der Waals surface area (Å²) in [6, 6.07) is 12.7. The Balaban J connectivity index is 1.46. The Kier molecular flexibility index (Phi) is 6.76. The van der Waals surface area contributed by atoms with Crippen molar-refractivity contribution in [2.45, 2.75) is 44.8 Å². The molecule has 1 amide bonds. The number of benzene rings is 1. The van der Waals surface area contributed by atoms with E-state index in [0.29, 0.717) is 17.9 Å². The molecular weight excluding hydrogens is 360 g/mol. The van der Waals surface area contributed by atoms with Gasteiger partial charge >= 0.3 is 0 Å². The van der Waals surface area contributed by atoms with Crippen molar-refractivity contribution in [3.8, 4) is 6.07 Å². The van der Waals surface area contributed by atoms with Gasteiger partial charge in [0.1, 0.15) is 11.1 Å². The zero-order valence-corrected chi connectivity index (χ0v) is 16.7. The number of fused-ring (bicyclic) bond motifs is 1. The third-order valence-electron chi connectivity index (χ3n) is 4.68. The van der Waals surface area contributed by atoms with E-state index in [1.807, 2.05) is 17.8 Å². The van der Waals surface area contributed by atoms with Crippen LogP contribution in [0.4, 0.5) is 5.00 Å². The van der Waals surface area contributed by atoms with E-state index in [1.54, 1.807) is 11.3 Å². The number of nitrogens with one attached hydrogen (secondary N) is 1. The predicted octanol–water partition coefficient (Wildman–Crippen LogP) is 5.40. The quantitative estimate of drug-likeness (QED) is 0.651. The van der Waals surface area contributed by atoms with E-state index in [4.69, 9.17) is 0 Å². The number of nitrogens with zero attached hydrogens (tertiary/aromatic N) is 1.